The van der Waals surface area contributed by atoms with E-state index in [1.807, 2.05) is 0 Å². The molecule has 2 N–H and O–H groups in total. The molecule has 0 radical (unpaired) electrons. The first-order chi connectivity index (χ1) is 8.40. The summed E-state index contributed by atoms with van der Waals surface area (Å²) in [5.74, 6) is -2.15. The van der Waals surface area contributed by atoms with Gasteiger partial charge in [-0.25, -0.2) is 0 Å². The molecule has 0 rings (SSSR count). The molecular weight excluding hydrogens is 247 g/mol. The number of carbonyl (C=O) groups is 3. The van der Waals surface area contributed by atoms with Crippen LogP contribution in [0.15, 0.2) is 0 Å². The molecule has 0 saturated carbocycles. The van der Waals surface area contributed by atoms with Crippen LogP contribution in [0.5, 0.6) is 0 Å². The van der Waals surface area contributed by atoms with Crippen LogP contribution in [0.25, 0.3) is 0 Å². The van der Waals surface area contributed by atoms with Gasteiger partial charge in [0, 0.05) is 0 Å². The number of unbranched alkanes of at least 4 members (excludes halogenated alkanes) is 4. The van der Waals surface area contributed by atoms with E-state index in [1.54, 1.807) is 0 Å². The number of carboxylic acid groups (broad SMARTS) is 2. The van der Waals surface area contributed by atoms with Gasteiger partial charge >= 0.3 is 93.1 Å². The fourth-order valence-electron chi connectivity index (χ4n) is 1.19. The van der Waals surface area contributed by atoms with Crippen molar-refractivity contribution in [3.05, 3.63) is 0 Å². The quantitative estimate of drug-likeness (QED) is 0.492. The van der Waals surface area contributed by atoms with Crippen molar-refractivity contribution in [3.63, 3.8) is 0 Å². The van der Waals surface area contributed by atoms with Crippen molar-refractivity contribution in [2.24, 2.45) is 0 Å². The largest absolute Gasteiger partial charge is 0.481 e. The summed E-state index contributed by atoms with van der Waals surface area (Å²) in [4.78, 5) is 29.8. The van der Waals surface area contributed by atoms with E-state index in [0.717, 1.165) is 40.8 Å². The molecule has 0 bridgehead atoms. The van der Waals surface area contributed by atoms with E-state index in [0.29, 0.717) is 3.03 Å². The summed E-state index contributed by atoms with van der Waals surface area (Å²) in [5, 5.41) is 15.8. The van der Waals surface area contributed by atoms with Gasteiger partial charge in [0.25, 0.3) is 0 Å². The third-order valence-corrected chi connectivity index (χ3v) is 2.69. The van der Waals surface area contributed by atoms with Gasteiger partial charge in [0.05, 0.1) is 12.8 Å². The van der Waals surface area contributed by atoms with Gasteiger partial charge < -0.3 is 10.2 Å². The zero-order valence-corrected chi connectivity index (χ0v) is 13.3. The van der Waals surface area contributed by atoms with Crippen molar-refractivity contribution in [3.8, 4) is 0 Å². The van der Waals surface area contributed by atoms with E-state index in [9.17, 15) is 14.4 Å². The Bertz CT molecular complexity index is 239. The Kier molecular flexibility index (Phi) is 16.3. The first kappa shape index (κ1) is 19.9. The van der Waals surface area contributed by atoms with Gasteiger partial charge in [-0.05, 0) is 0 Å². The molecule has 0 atom stereocenters. The van der Waals surface area contributed by atoms with Crippen LogP contribution in [0.3, 0.4) is 0 Å². The third kappa shape index (κ3) is 24.7. The summed E-state index contributed by atoms with van der Waals surface area (Å²) in [7, 11) is 0. The molecule has 5 nitrogen and oxygen atoms in total. The van der Waals surface area contributed by atoms with Crippen LogP contribution < -0.4 is 0 Å². The van der Waals surface area contributed by atoms with E-state index in [4.69, 9.17) is 10.2 Å². The second-order valence-electron chi connectivity index (χ2n) is 4.15. The first-order valence-electron chi connectivity index (χ1n) is 6.33. The number of carbonyl (C=O) groups excluding carboxylic acids is 1. The summed E-state index contributed by atoms with van der Waals surface area (Å²) in [5.41, 5.74) is 0. The summed E-state index contributed by atoms with van der Waals surface area (Å²) < 4.78 is 0.469. The molecule has 0 aromatic carbocycles. The van der Waals surface area contributed by atoms with Gasteiger partial charge in [-0.1, -0.05) is 0 Å². The summed E-state index contributed by atoms with van der Waals surface area (Å²) >= 11 is 0.749. The Morgan fingerprint density at radius 3 is 1.61 bits per heavy atom. The number of rotatable bonds is 9. The van der Waals surface area contributed by atoms with Gasteiger partial charge in [0.15, 0.2) is 0 Å². The van der Waals surface area contributed by atoms with E-state index >= 15 is 0 Å². The normalized spacial score (nSPS) is 9.28. The van der Waals surface area contributed by atoms with Crippen molar-refractivity contribution in [1.29, 1.82) is 0 Å². The van der Waals surface area contributed by atoms with Crippen molar-refractivity contribution < 1.29 is 24.6 Å². The van der Waals surface area contributed by atoms with E-state index < -0.39 is 11.9 Å². The Balaban J connectivity index is 0. The predicted octanol–water partition coefficient (Wildman–Crippen LogP) is 1.98. The van der Waals surface area contributed by atoms with Crippen LogP contribution in [0.2, 0.25) is 0 Å². The minimum absolute atomic E-state index is 0.296. The van der Waals surface area contributed by atoms with E-state index in [-0.39, 0.29) is 12.8 Å². The minimum Gasteiger partial charge on any atom is -0.481 e. The molecule has 0 aromatic rings. The van der Waals surface area contributed by atoms with Crippen molar-refractivity contribution >= 4 is 42.9 Å². The summed E-state index contributed by atoms with van der Waals surface area (Å²) in [6, 6.07) is 0. The van der Waals surface area contributed by atoms with Crippen LogP contribution in [0.1, 0.15) is 58.3 Å². The van der Waals surface area contributed by atoms with Crippen LogP contribution in [0.4, 0.5) is 0 Å². The summed E-state index contributed by atoms with van der Waals surface area (Å²) in [6.07, 6.45) is 6.56. The Hall–Kier alpha value is -0.390. The Labute approximate surface area is 125 Å². The maximum absolute atomic E-state index is 10.5. The molecule has 0 amide bonds. The van der Waals surface area contributed by atoms with Gasteiger partial charge in [0.1, 0.15) is 0 Å². The van der Waals surface area contributed by atoms with E-state index in [1.165, 1.54) is 25.7 Å². The average Bonchev–Trinajstić information content (AvgIpc) is 2.26. The molecule has 0 aliphatic carbocycles. The second kappa shape index (κ2) is 14.7. The van der Waals surface area contributed by atoms with Gasteiger partial charge in [0.2, 0.25) is 0 Å². The molecule has 0 saturated heterocycles. The maximum Gasteiger partial charge on any atom is 0.303 e. The fraction of sp³-hybridized carbons (Fsp3) is 0.750. The van der Waals surface area contributed by atoms with Crippen molar-refractivity contribution in [2.75, 3.05) is 0 Å². The second-order valence-corrected chi connectivity index (χ2v) is 5.27. The van der Waals surface area contributed by atoms with Gasteiger partial charge in [-0.15, -0.1) is 0 Å². The molecular formula is C12H21NaO5. The number of hydrogen-bond acceptors (Lipinski definition) is 3. The third-order valence-electron chi connectivity index (χ3n) is 2.19. The zero-order valence-electron chi connectivity index (χ0n) is 11.3. The van der Waals surface area contributed by atoms with Gasteiger partial charge in [-0.2, -0.15) is 0 Å². The van der Waals surface area contributed by atoms with Crippen LogP contribution in [0, 0.1) is 0 Å². The van der Waals surface area contributed by atoms with E-state index in [2.05, 4.69) is 6.92 Å². The molecule has 0 aliphatic rings. The number of aliphatic carboxylic acids is 2. The Morgan fingerprint density at radius 2 is 1.28 bits per heavy atom. The summed E-state index contributed by atoms with van der Waals surface area (Å²) in [6.45, 7) is 2.21. The first-order valence-corrected chi connectivity index (χ1v) is 7.33. The standard InChI is InChI=1S/C8H15O.C4H6O4.Na/c1-2-3-4-5-6-7-8-9;5-3(6)1-2-4(7)8;/h2-7H2,1H3;1-2H2,(H,5,6)(H,7,8);. The average molecular weight is 268 g/mol. The van der Waals surface area contributed by atoms with Crippen LogP contribution >= 0.6 is 0 Å². The van der Waals surface area contributed by atoms with Crippen molar-refractivity contribution in [2.45, 2.75) is 58.3 Å². The molecule has 0 aliphatic heterocycles. The molecule has 6 heteroatoms. The minimum atomic E-state index is -1.08. The fourth-order valence-corrected chi connectivity index (χ4v) is 1.54. The molecule has 0 unspecified atom stereocenters. The van der Waals surface area contributed by atoms with Crippen molar-refractivity contribution in [1.82, 2.24) is 0 Å². The maximum atomic E-state index is 10.5. The monoisotopic (exact) mass is 268 g/mol. The number of hydrogen-bond donors (Lipinski definition) is 2. The molecule has 100 valence electrons. The Morgan fingerprint density at radius 1 is 0.833 bits per heavy atom. The molecule has 18 heavy (non-hydrogen) atoms. The molecule has 0 heterocycles. The SMILES string of the molecule is CCCCCCC[C](=O)[Na].O=C(O)CCC(=O)O. The van der Waals surface area contributed by atoms with Gasteiger partial charge in [-0.3, -0.25) is 9.59 Å². The molecule has 0 fully saturated rings. The van der Waals surface area contributed by atoms with Crippen LogP contribution in [-0.2, 0) is 14.4 Å². The molecule has 0 spiro atoms. The van der Waals surface area contributed by atoms with Crippen LogP contribution in [-0.4, -0.2) is 53.1 Å². The molecule has 0 aromatic heterocycles. The smallest absolute Gasteiger partial charge is 0.303 e. The predicted molar refractivity (Wildman–Crippen MR) is 68.6 cm³/mol. The topological polar surface area (TPSA) is 91.7 Å². The number of carboxylic acids is 2. The zero-order chi connectivity index (χ0) is 14.4.